The molecule has 0 saturated carbocycles. The summed E-state index contributed by atoms with van der Waals surface area (Å²) in [5.74, 6) is 0.0762. The van der Waals surface area contributed by atoms with Gasteiger partial charge in [0.15, 0.2) is 18.1 Å². The highest BCUT2D eigenvalue weighted by Crippen LogP contribution is 2.27. The van der Waals surface area contributed by atoms with E-state index in [-0.39, 0.29) is 12.5 Å². The molecule has 0 aliphatic heterocycles. The molecule has 6 nitrogen and oxygen atoms in total. The Bertz CT molecular complexity index is 639. The molecule has 25 heavy (non-hydrogen) atoms. The van der Waals surface area contributed by atoms with E-state index in [2.05, 4.69) is 11.4 Å². The standard InChI is InChI=1S/C19H25NO5/c1-23-16-9-8-15(12-17(16)24-2)19(22)25-13-18(21)20-11-10-14-6-4-3-5-7-14/h6,8-9,12H,3-5,7,10-11,13H2,1-2H3,(H,20,21). The lowest BCUT2D eigenvalue weighted by Gasteiger charge is -2.13. The Kier molecular flexibility index (Phi) is 7.32. The summed E-state index contributed by atoms with van der Waals surface area (Å²) in [6.07, 6.45) is 7.84. The number of nitrogens with one attached hydrogen (secondary N) is 1. The maximum Gasteiger partial charge on any atom is 0.338 e. The zero-order chi connectivity index (χ0) is 18.1. The summed E-state index contributed by atoms with van der Waals surface area (Å²) in [4.78, 5) is 23.8. The van der Waals surface area contributed by atoms with Crippen molar-refractivity contribution >= 4 is 11.9 Å². The van der Waals surface area contributed by atoms with Crippen molar-refractivity contribution in [2.45, 2.75) is 32.1 Å². The SMILES string of the molecule is COc1ccc(C(=O)OCC(=O)NCCC2=CCCCC2)cc1OC. The van der Waals surface area contributed by atoms with Gasteiger partial charge in [0.05, 0.1) is 19.8 Å². The number of carbonyl (C=O) groups excluding carboxylic acids is 2. The largest absolute Gasteiger partial charge is 0.493 e. The highest BCUT2D eigenvalue weighted by atomic mass is 16.5. The van der Waals surface area contributed by atoms with Gasteiger partial charge in [-0.2, -0.15) is 0 Å². The predicted molar refractivity (Wildman–Crippen MR) is 94.0 cm³/mol. The summed E-state index contributed by atoms with van der Waals surface area (Å²) >= 11 is 0. The van der Waals surface area contributed by atoms with Crippen LogP contribution in [0.2, 0.25) is 0 Å². The Balaban J connectivity index is 1.75. The molecule has 0 spiro atoms. The molecule has 0 fully saturated rings. The van der Waals surface area contributed by atoms with E-state index in [1.165, 1.54) is 38.7 Å². The molecule has 0 saturated heterocycles. The van der Waals surface area contributed by atoms with Crippen LogP contribution in [-0.4, -0.2) is 39.2 Å². The molecule has 6 heteroatoms. The number of rotatable bonds is 8. The number of benzene rings is 1. The van der Waals surface area contributed by atoms with Crippen molar-refractivity contribution in [3.8, 4) is 11.5 Å². The molecule has 0 atom stereocenters. The Morgan fingerprint density at radius 2 is 1.92 bits per heavy atom. The van der Waals surface area contributed by atoms with Crippen molar-refractivity contribution in [3.05, 3.63) is 35.4 Å². The molecule has 2 rings (SSSR count). The third-order valence-corrected chi connectivity index (χ3v) is 4.11. The van der Waals surface area contributed by atoms with Gasteiger partial charge in [0, 0.05) is 6.54 Å². The van der Waals surface area contributed by atoms with E-state index in [0.29, 0.717) is 23.6 Å². The normalized spacial score (nSPS) is 13.6. The van der Waals surface area contributed by atoms with Crippen LogP contribution < -0.4 is 14.8 Å². The molecule has 0 radical (unpaired) electrons. The Morgan fingerprint density at radius 1 is 1.12 bits per heavy atom. The molecule has 1 aromatic carbocycles. The first-order chi connectivity index (χ1) is 12.1. The van der Waals surface area contributed by atoms with Crippen LogP contribution in [0.5, 0.6) is 11.5 Å². The van der Waals surface area contributed by atoms with Crippen molar-refractivity contribution < 1.29 is 23.8 Å². The quantitative estimate of drug-likeness (QED) is 0.578. The van der Waals surface area contributed by atoms with Crippen molar-refractivity contribution in [1.82, 2.24) is 5.32 Å². The first-order valence-corrected chi connectivity index (χ1v) is 8.47. The molecule has 136 valence electrons. The van der Waals surface area contributed by atoms with Crippen LogP contribution >= 0.6 is 0 Å². The second-order valence-electron chi connectivity index (χ2n) is 5.85. The monoisotopic (exact) mass is 347 g/mol. The van der Waals surface area contributed by atoms with Gasteiger partial charge in [-0.1, -0.05) is 11.6 Å². The van der Waals surface area contributed by atoms with E-state index in [9.17, 15) is 9.59 Å². The van der Waals surface area contributed by atoms with Gasteiger partial charge in [-0.05, 0) is 50.3 Å². The van der Waals surface area contributed by atoms with Crippen LogP contribution in [-0.2, 0) is 9.53 Å². The number of methoxy groups -OCH3 is 2. The minimum absolute atomic E-state index is 0.299. The zero-order valence-electron chi connectivity index (χ0n) is 14.8. The molecule has 1 aliphatic rings. The maximum absolute atomic E-state index is 12.0. The summed E-state index contributed by atoms with van der Waals surface area (Å²) in [5, 5.41) is 2.78. The fourth-order valence-corrected chi connectivity index (χ4v) is 2.72. The third-order valence-electron chi connectivity index (χ3n) is 4.11. The minimum Gasteiger partial charge on any atom is -0.493 e. The second kappa shape index (κ2) is 9.71. The van der Waals surface area contributed by atoms with E-state index in [4.69, 9.17) is 14.2 Å². The van der Waals surface area contributed by atoms with Gasteiger partial charge < -0.3 is 19.5 Å². The summed E-state index contributed by atoms with van der Waals surface area (Å²) in [7, 11) is 3.01. The lowest BCUT2D eigenvalue weighted by atomic mass is 9.97. The molecular weight excluding hydrogens is 322 g/mol. The van der Waals surface area contributed by atoms with Crippen LogP contribution in [0.15, 0.2) is 29.8 Å². The zero-order valence-corrected chi connectivity index (χ0v) is 14.8. The average Bonchev–Trinajstić information content (AvgIpc) is 2.66. The summed E-state index contributed by atoms with van der Waals surface area (Å²) in [6.45, 7) is 0.269. The number of carbonyl (C=O) groups is 2. The van der Waals surface area contributed by atoms with Gasteiger partial charge in [0.1, 0.15) is 0 Å². The predicted octanol–water partition coefficient (Wildman–Crippen LogP) is 2.87. The van der Waals surface area contributed by atoms with Gasteiger partial charge >= 0.3 is 5.97 Å². The number of amides is 1. The smallest absolute Gasteiger partial charge is 0.338 e. The topological polar surface area (TPSA) is 73.9 Å². The molecule has 1 amide bonds. The van der Waals surface area contributed by atoms with Gasteiger partial charge in [-0.15, -0.1) is 0 Å². The fourth-order valence-electron chi connectivity index (χ4n) is 2.72. The summed E-state index contributed by atoms with van der Waals surface area (Å²) in [5.41, 5.74) is 1.70. The molecule has 0 bridgehead atoms. The Hall–Kier alpha value is -2.50. The molecule has 1 N–H and O–H groups in total. The molecule has 0 aromatic heterocycles. The number of hydrogen-bond acceptors (Lipinski definition) is 5. The maximum atomic E-state index is 12.0. The lowest BCUT2D eigenvalue weighted by Crippen LogP contribution is -2.29. The molecule has 1 aromatic rings. The van der Waals surface area contributed by atoms with Crippen LogP contribution in [0.25, 0.3) is 0 Å². The highest BCUT2D eigenvalue weighted by molar-refractivity contribution is 5.92. The van der Waals surface area contributed by atoms with Gasteiger partial charge in [-0.3, -0.25) is 4.79 Å². The first kappa shape index (κ1) is 18.8. The van der Waals surface area contributed by atoms with E-state index in [1.807, 2.05) is 0 Å². The number of esters is 1. The highest BCUT2D eigenvalue weighted by Gasteiger charge is 2.13. The van der Waals surface area contributed by atoms with E-state index < -0.39 is 5.97 Å². The molecule has 0 heterocycles. The third kappa shape index (κ3) is 5.81. The van der Waals surface area contributed by atoms with Crippen LogP contribution in [0, 0.1) is 0 Å². The summed E-state index contributed by atoms with van der Waals surface area (Å²) < 4.78 is 15.3. The first-order valence-electron chi connectivity index (χ1n) is 8.47. The lowest BCUT2D eigenvalue weighted by molar-refractivity contribution is -0.124. The van der Waals surface area contributed by atoms with Crippen molar-refractivity contribution in [3.63, 3.8) is 0 Å². The summed E-state index contributed by atoms with van der Waals surface area (Å²) in [6, 6.07) is 4.71. The molecule has 1 aliphatic carbocycles. The van der Waals surface area contributed by atoms with Gasteiger partial charge in [0.25, 0.3) is 5.91 Å². The van der Waals surface area contributed by atoms with Crippen molar-refractivity contribution in [2.24, 2.45) is 0 Å². The van der Waals surface area contributed by atoms with E-state index in [0.717, 1.165) is 19.3 Å². The van der Waals surface area contributed by atoms with Gasteiger partial charge in [0.2, 0.25) is 0 Å². The van der Waals surface area contributed by atoms with E-state index >= 15 is 0 Å². The average molecular weight is 347 g/mol. The number of hydrogen-bond donors (Lipinski definition) is 1. The molecular formula is C19H25NO5. The van der Waals surface area contributed by atoms with E-state index in [1.54, 1.807) is 12.1 Å². The number of ether oxygens (including phenoxy) is 3. The van der Waals surface area contributed by atoms with Crippen LogP contribution in [0.4, 0.5) is 0 Å². The Morgan fingerprint density at radius 3 is 2.60 bits per heavy atom. The van der Waals surface area contributed by atoms with Crippen molar-refractivity contribution in [2.75, 3.05) is 27.4 Å². The van der Waals surface area contributed by atoms with Gasteiger partial charge in [-0.25, -0.2) is 4.79 Å². The minimum atomic E-state index is -0.578. The van der Waals surface area contributed by atoms with Crippen LogP contribution in [0.3, 0.4) is 0 Å². The Labute approximate surface area is 148 Å². The second-order valence-corrected chi connectivity index (χ2v) is 5.85. The fraction of sp³-hybridized carbons (Fsp3) is 0.474. The number of allylic oxidation sites excluding steroid dienone is 1. The van der Waals surface area contributed by atoms with Crippen LogP contribution in [0.1, 0.15) is 42.5 Å². The molecule has 0 unspecified atom stereocenters. The van der Waals surface area contributed by atoms with Crippen molar-refractivity contribution in [1.29, 1.82) is 0 Å².